The van der Waals surface area contributed by atoms with Gasteiger partial charge in [-0.3, -0.25) is 24.2 Å². The standard InChI is InChI=1S/C29H50N8O7/c30-22(11-16-36-29(31)32)27(43)34-14-6-4-2-1-3-5-12-33-13-7-8-15-35-28(44)23(19-26(41)42)37-25(40)17-20-9-10-21(38)18-24(20)39/h9-10,18,22-23,33,38-39H,1-8,11-17,19,30H2,(H,34,43)(H,35,44)(H,37,40)(H,41,42)(H4,31,32,36)/t22-,23+/m1/s1. The Bertz CT molecular complexity index is 1070. The summed E-state index contributed by atoms with van der Waals surface area (Å²) in [6.45, 7) is 2.94. The van der Waals surface area contributed by atoms with Crippen LogP contribution in [-0.4, -0.2) is 89.8 Å². The molecule has 15 heteroatoms. The molecule has 0 saturated heterocycles. The third-order valence-electron chi connectivity index (χ3n) is 6.68. The van der Waals surface area contributed by atoms with Crippen LogP contribution in [0.3, 0.4) is 0 Å². The number of aromatic hydroxyl groups is 2. The van der Waals surface area contributed by atoms with E-state index in [1.807, 2.05) is 0 Å². The minimum absolute atomic E-state index is 0.0169. The molecule has 0 aromatic heterocycles. The molecule has 13 N–H and O–H groups in total. The molecule has 0 fully saturated rings. The van der Waals surface area contributed by atoms with Crippen molar-refractivity contribution in [2.75, 3.05) is 32.7 Å². The van der Waals surface area contributed by atoms with Crippen LogP contribution < -0.4 is 38.5 Å². The molecule has 1 rings (SSSR count). The van der Waals surface area contributed by atoms with E-state index in [9.17, 15) is 29.4 Å². The van der Waals surface area contributed by atoms with Gasteiger partial charge in [-0.2, -0.15) is 0 Å². The molecule has 15 nitrogen and oxygen atoms in total. The third kappa shape index (κ3) is 18.4. The van der Waals surface area contributed by atoms with Crippen LogP contribution in [0.2, 0.25) is 0 Å². The molecule has 0 bridgehead atoms. The van der Waals surface area contributed by atoms with Crippen LogP contribution >= 0.6 is 0 Å². The molecule has 1 aromatic carbocycles. The largest absolute Gasteiger partial charge is 0.508 e. The van der Waals surface area contributed by atoms with Crippen LogP contribution in [0.15, 0.2) is 23.2 Å². The molecule has 3 amide bonds. The number of nitrogens with zero attached hydrogens (tertiary/aromatic N) is 1. The predicted octanol–water partition coefficient (Wildman–Crippen LogP) is -0.467. The minimum Gasteiger partial charge on any atom is -0.508 e. The molecule has 0 heterocycles. The second kappa shape index (κ2) is 22.4. The highest BCUT2D eigenvalue weighted by atomic mass is 16.4. The van der Waals surface area contributed by atoms with E-state index in [1.54, 1.807) is 0 Å². The number of carbonyl (C=O) groups excluding carboxylic acids is 3. The van der Waals surface area contributed by atoms with Gasteiger partial charge in [-0.15, -0.1) is 0 Å². The molecule has 0 spiro atoms. The van der Waals surface area contributed by atoms with Gasteiger partial charge in [-0.1, -0.05) is 31.7 Å². The number of guanidine groups is 1. The Morgan fingerprint density at radius 1 is 0.818 bits per heavy atom. The predicted molar refractivity (Wildman–Crippen MR) is 167 cm³/mol. The summed E-state index contributed by atoms with van der Waals surface area (Å²) >= 11 is 0. The van der Waals surface area contributed by atoms with Crippen LogP contribution in [-0.2, 0) is 25.6 Å². The Morgan fingerprint density at radius 2 is 1.39 bits per heavy atom. The number of nitrogens with one attached hydrogen (secondary N) is 4. The van der Waals surface area contributed by atoms with E-state index < -0.39 is 36.3 Å². The molecule has 1 aromatic rings. The molecule has 44 heavy (non-hydrogen) atoms. The van der Waals surface area contributed by atoms with Crippen molar-refractivity contribution in [3.8, 4) is 11.5 Å². The zero-order chi connectivity index (χ0) is 32.7. The van der Waals surface area contributed by atoms with Gasteiger partial charge in [0.2, 0.25) is 17.7 Å². The summed E-state index contributed by atoms with van der Waals surface area (Å²) < 4.78 is 0. The summed E-state index contributed by atoms with van der Waals surface area (Å²) in [6, 6.07) is 1.90. The number of rotatable bonds is 24. The SMILES string of the molecule is NC(N)=NCC[C@@H](N)C(=O)NCCCCCCCCNCCCCNC(=O)[C@H](CC(=O)O)NC(=O)Cc1ccc(O)cc1O. The molecule has 2 atom stereocenters. The van der Waals surface area contributed by atoms with Crippen LogP contribution in [0.5, 0.6) is 11.5 Å². The maximum absolute atomic E-state index is 12.5. The van der Waals surface area contributed by atoms with Gasteiger partial charge >= 0.3 is 5.97 Å². The Hall–Kier alpha value is -4.11. The first kappa shape index (κ1) is 37.9. The fourth-order valence-corrected chi connectivity index (χ4v) is 4.23. The Balaban J connectivity index is 2.07. The Kier molecular flexibility index (Phi) is 19.3. The fraction of sp³-hybridized carbons (Fsp3) is 0.621. The quantitative estimate of drug-likeness (QED) is 0.0400. The average Bonchev–Trinajstić information content (AvgIpc) is 2.95. The average molecular weight is 623 g/mol. The number of benzene rings is 1. The minimum atomic E-state index is -1.25. The number of phenols is 2. The van der Waals surface area contributed by atoms with Crippen molar-refractivity contribution in [3.63, 3.8) is 0 Å². The zero-order valence-corrected chi connectivity index (χ0v) is 25.4. The number of aliphatic imine (C=N–C) groups is 1. The van der Waals surface area contributed by atoms with E-state index in [0.717, 1.165) is 64.1 Å². The van der Waals surface area contributed by atoms with Crippen molar-refractivity contribution in [3.05, 3.63) is 23.8 Å². The van der Waals surface area contributed by atoms with Gasteiger partial charge in [-0.05, 0) is 51.3 Å². The van der Waals surface area contributed by atoms with Gasteiger partial charge < -0.3 is 53.8 Å². The van der Waals surface area contributed by atoms with Gasteiger partial charge in [0.05, 0.1) is 18.9 Å². The lowest BCUT2D eigenvalue weighted by molar-refractivity contribution is -0.140. The van der Waals surface area contributed by atoms with Crippen LogP contribution in [0, 0.1) is 0 Å². The van der Waals surface area contributed by atoms with E-state index in [4.69, 9.17) is 22.3 Å². The summed E-state index contributed by atoms with van der Waals surface area (Å²) in [7, 11) is 0. The van der Waals surface area contributed by atoms with E-state index in [2.05, 4.69) is 26.3 Å². The molecule has 248 valence electrons. The normalized spacial score (nSPS) is 12.1. The highest BCUT2D eigenvalue weighted by Crippen LogP contribution is 2.22. The Labute approximate surface area is 258 Å². The molecule has 0 aliphatic carbocycles. The summed E-state index contributed by atoms with van der Waals surface area (Å²) in [5, 5.41) is 39.6. The lowest BCUT2D eigenvalue weighted by atomic mass is 10.1. The molecule has 0 radical (unpaired) electrons. The van der Waals surface area contributed by atoms with Crippen molar-refractivity contribution in [1.29, 1.82) is 0 Å². The van der Waals surface area contributed by atoms with Crippen molar-refractivity contribution >= 4 is 29.7 Å². The van der Waals surface area contributed by atoms with Gasteiger partial charge in [0.1, 0.15) is 17.5 Å². The van der Waals surface area contributed by atoms with Crippen molar-refractivity contribution < 1.29 is 34.5 Å². The fourth-order valence-electron chi connectivity index (χ4n) is 4.23. The van der Waals surface area contributed by atoms with Gasteiger partial charge in [0.15, 0.2) is 5.96 Å². The van der Waals surface area contributed by atoms with E-state index in [0.29, 0.717) is 32.5 Å². The van der Waals surface area contributed by atoms with E-state index >= 15 is 0 Å². The highest BCUT2D eigenvalue weighted by Gasteiger charge is 2.24. The highest BCUT2D eigenvalue weighted by molar-refractivity contribution is 5.91. The number of carboxylic acids is 1. The lowest BCUT2D eigenvalue weighted by Crippen LogP contribution is -2.48. The number of carboxylic acid groups (broad SMARTS) is 1. The molecular weight excluding hydrogens is 572 g/mol. The summed E-state index contributed by atoms with van der Waals surface area (Å²) in [5.41, 5.74) is 16.5. The topological polar surface area (TPSA) is 268 Å². The number of unbranched alkanes of at least 4 members (excludes halogenated alkanes) is 6. The molecule has 0 saturated carbocycles. The van der Waals surface area contributed by atoms with E-state index in [1.165, 1.54) is 12.1 Å². The number of amides is 3. The Morgan fingerprint density at radius 3 is 2.00 bits per heavy atom. The van der Waals surface area contributed by atoms with Crippen molar-refractivity contribution in [2.45, 2.75) is 82.7 Å². The first-order valence-electron chi connectivity index (χ1n) is 15.1. The van der Waals surface area contributed by atoms with Gasteiger partial charge in [-0.25, -0.2) is 0 Å². The number of aliphatic carboxylic acids is 1. The number of nitrogens with two attached hydrogens (primary N) is 3. The number of phenolic OH excluding ortho intramolecular Hbond substituents is 2. The molecular formula is C29H50N8O7. The van der Waals surface area contributed by atoms with Crippen LogP contribution in [0.1, 0.15) is 69.8 Å². The van der Waals surface area contributed by atoms with Gasteiger partial charge in [0, 0.05) is 31.3 Å². The van der Waals surface area contributed by atoms with Crippen LogP contribution in [0.4, 0.5) is 0 Å². The maximum atomic E-state index is 12.5. The second-order valence-corrected chi connectivity index (χ2v) is 10.6. The van der Waals surface area contributed by atoms with Crippen LogP contribution in [0.25, 0.3) is 0 Å². The summed E-state index contributed by atoms with van der Waals surface area (Å²) in [6.07, 6.45) is 7.34. The van der Waals surface area contributed by atoms with Gasteiger partial charge in [0.25, 0.3) is 0 Å². The maximum Gasteiger partial charge on any atom is 0.305 e. The number of carbonyl (C=O) groups is 4. The second-order valence-electron chi connectivity index (χ2n) is 10.6. The number of hydrogen-bond acceptors (Lipinski definition) is 9. The molecule has 0 aliphatic heterocycles. The summed E-state index contributed by atoms with van der Waals surface area (Å²) in [4.78, 5) is 51.8. The van der Waals surface area contributed by atoms with Crippen molar-refractivity contribution in [1.82, 2.24) is 21.3 Å². The lowest BCUT2D eigenvalue weighted by Gasteiger charge is -2.17. The third-order valence-corrected chi connectivity index (χ3v) is 6.68. The monoisotopic (exact) mass is 622 g/mol. The van der Waals surface area contributed by atoms with E-state index in [-0.39, 0.29) is 35.4 Å². The first-order chi connectivity index (χ1) is 21.0. The summed E-state index contributed by atoms with van der Waals surface area (Å²) in [5.74, 6) is -3.09. The molecule has 0 unspecified atom stereocenters. The first-order valence-corrected chi connectivity index (χ1v) is 15.1. The van der Waals surface area contributed by atoms with Crippen molar-refractivity contribution in [2.24, 2.45) is 22.2 Å². The zero-order valence-electron chi connectivity index (χ0n) is 25.4. The molecule has 0 aliphatic rings. The smallest absolute Gasteiger partial charge is 0.305 e. The number of hydrogen-bond donors (Lipinski definition) is 10.